The molecule has 2 amide bonds. The molecule has 0 aromatic heterocycles. The summed E-state index contributed by atoms with van der Waals surface area (Å²) in [5, 5.41) is 5.70. The predicted molar refractivity (Wildman–Crippen MR) is 105 cm³/mol. The van der Waals surface area contributed by atoms with E-state index in [1.54, 1.807) is 42.5 Å². The Labute approximate surface area is 165 Å². The number of amides is 2. The molecule has 0 bridgehead atoms. The van der Waals surface area contributed by atoms with Crippen LogP contribution in [-0.4, -0.2) is 29.1 Å². The number of thioether (sulfide) groups is 1. The third kappa shape index (κ3) is 4.61. The minimum atomic E-state index is -1.00. The number of rotatable bonds is 4. The molecule has 8 heteroatoms. The first kappa shape index (κ1) is 19.3. The van der Waals surface area contributed by atoms with Crippen molar-refractivity contribution in [1.29, 1.82) is 0 Å². The lowest BCUT2D eigenvalue weighted by Gasteiger charge is -2.21. The minimum Gasteiger partial charge on any atom is -0.449 e. The van der Waals surface area contributed by atoms with Crippen molar-refractivity contribution in [2.45, 2.75) is 30.1 Å². The summed E-state index contributed by atoms with van der Waals surface area (Å²) < 4.78 is 5.24. The topological polar surface area (TPSA) is 84.5 Å². The van der Waals surface area contributed by atoms with Gasteiger partial charge in [-0.25, -0.2) is 4.79 Å². The van der Waals surface area contributed by atoms with Gasteiger partial charge >= 0.3 is 5.97 Å². The maximum absolute atomic E-state index is 12.4. The fourth-order valence-electron chi connectivity index (χ4n) is 2.43. The van der Waals surface area contributed by atoms with Gasteiger partial charge < -0.3 is 15.4 Å². The number of carbonyl (C=O) groups is 3. The number of anilines is 2. The van der Waals surface area contributed by atoms with Crippen LogP contribution in [0.1, 0.15) is 24.2 Å². The molecule has 0 saturated carbocycles. The molecule has 140 valence electrons. The van der Waals surface area contributed by atoms with Gasteiger partial charge in [-0.2, -0.15) is 0 Å². The number of ether oxygens (including phenoxy) is 1. The zero-order chi connectivity index (χ0) is 19.6. The van der Waals surface area contributed by atoms with E-state index in [0.29, 0.717) is 16.4 Å². The van der Waals surface area contributed by atoms with Crippen LogP contribution in [0.2, 0.25) is 5.02 Å². The van der Waals surface area contributed by atoms with Gasteiger partial charge in [-0.3, -0.25) is 9.59 Å². The molecule has 0 radical (unpaired) electrons. The Hall–Kier alpha value is -2.51. The second kappa shape index (κ2) is 8.02. The van der Waals surface area contributed by atoms with Crippen molar-refractivity contribution in [3.05, 3.63) is 53.1 Å². The monoisotopic (exact) mass is 404 g/mol. The molecule has 27 heavy (non-hydrogen) atoms. The summed E-state index contributed by atoms with van der Waals surface area (Å²) in [5.74, 6) is -1.24. The summed E-state index contributed by atoms with van der Waals surface area (Å²) in [6.45, 7) is 3.29. The highest BCUT2D eigenvalue weighted by Crippen LogP contribution is 2.36. The average molecular weight is 405 g/mol. The molecule has 2 atom stereocenters. The van der Waals surface area contributed by atoms with Crippen molar-refractivity contribution in [1.82, 2.24) is 0 Å². The van der Waals surface area contributed by atoms with E-state index in [2.05, 4.69) is 10.6 Å². The first-order valence-electron chi connectivity index (χ1n) is 8.22. The number of carbonyl (C=O) groups excluding carboxylic acids is 3. The summed E-state index contributed by atoms with van der Waals surface area (Å²) in [5.41, 5.74) is 1.33. The third-order valence-electron chi connectivity index (χ3n) is 3.89. The van der Waals surface area contributed by atoms with Crippen molar-refractivity contribution < 1.29 is 19.1 Å². The summed E-state index contributed by atoms with van der Waals surface area (Å²) in [4.78, 5) is 37.2. The standard InChI is InChI=1S/C19H17ClN2O4S/c1-10(17(23)21-14-5-3-4-13(20)9-14)26-19(25)12-6-7-16-15(8-12)22-18(24)11(2)27-16/h3-11H,1-2H3,(H,21,23)(H,22,24). The SMILES string of the molecule is CC(OC(=O)c1ccc2c(c1)NC(=O)C(C)S2)C(=O)Nc1cccc(Cl)c1. The highest BCUT2D eigenvalue weighted by atomic mass is 35.5. The Morgan fingerprint density at radius 3 is 2.78 bits per heavy atom. The minimum absolute atomic E-state index is 0.118. The lowest BCUT2D eigenvalue weighted by molar-refractivity contribution is -0.123. The van der Waals surface area contributed by atoms with Crippen molar-refractivity contribution in [3.63, 3.8) is 0 Å². The average Bonchev–Trinajstić information content (AvgIpc) is 2.62. The van der Waals surface area contributed by atoms with Crippen LogP contribution < -0.4 is 10.6 Å². The van der Waals surface area contributed by atoms with Gasteiger partial charge in [-0.1, -0.05) is 17.7 Å². The smallest absolute Gasteiger partial charge is 0.338 e. The number of halogens is 1. The zero-order valence-electron chi connectivity index (χ0n) is 14.6. The maximum Gasteiger partial charge on any atom is 0.338 e. The van der Waals surface area contributed by atoms with Gasteiger partial charge in [0, 0.05) is 15.6 Å². The van der Waals surface area contributed by atoms with Crippen LogP contribution in [0.5, 0.6) is 0 Å². The van der Waals surface area contributed by atoms with E-state index >= 15 is 0 Å². The molecule has 1 aliphatic heterocycles. The van der Waals surface area contributed by atoms with Gasteiger partial charge in [0.1, 0.15) is 0 Å². The van der Waals surface area contributed by atoms with E-state index < -0.39 is 18.0 Å². The lowest BCUT2D eigenvalue weighted by atomic mass is 10.2. The normalized spacial score (nSPS) is 16.7. The van der Waals surface area contributed by atoms with Crippen molar-refractivity contribution in [2.75, 3.05) is 10.6 Å². The molecule has 1 aliphatic rings. The molecule has 2 aromatic carbocycles. The van der Waals surface area contributed by atoms with Crippen molar-refractivity contribution >= 4 is 52.5 Å². The van der Waals surface area contributed by atoms with Crippen LogP contribution in [0.25, 0.3) is 0 Å². The second-order valence-electron chi connectivity index (χ2n) is 6.01. The number of hydrogen-bond acceptors (Lipinski definition) is 5. The highest BCUT2D eigenvalue weighted by molar-refractivity contribution is 8.00. The molecule has 3 rings (SSSR count). The van der Waals surface area contributed by atoms with Crippen molar-refractivity contribution in [2.24, 2.45) is 0 Å². The molecular formula is C19H17ClN2O4S. The van der Waals surface area contributed by atoms with Crippen LogP contribution >= 0.6 is 23.4 Å². The number of esters is 1. The molecule has 0 spiro atoms. The summed E-state index contributed by atoms with van der Waals surface area (Å²) in [6, 6.07) is 11.6. The van der Waals surface area contributed by atoms with E-state index in [-0.39, 0.29) is 16.7 Å². The first-order chi connectivity index (χ1) is 12.8. The fraction of sp³-hybridized carbons (Fsp3) is 0.211. The Kier molecular flexibility index (Phi) is 5.72. The number of hydrogen-bond donors (Lipinski definition) is 2. The Bertz CT molecular complexity index is 918. The number of benzene rings is 2. The third-order valence-corrected chi connectivity index (χ3v) is 5.30. The first-order valence-corrected chi connectivity index (χ1v) is 9.48. The summed E-state index contributed by atoms with van der Waals surface area (Å²) >= 11 is 7.30. The lowest BCUT2D eigenvalue weighted by Crippen LogP contribution is -2.30. The molecule has 0 aliphatic carbocycles. The van der Waals surface area contributed by atoms with Crippen LogP contribution in [0.15, 0.2) is 47.4 Å². The zero-order valence-corrected chi connectivity index (χ0v) is 16.2. The van der Waals surface area contributed by atoms with Gasteiger partial charge in [0.2, 0.25) is 5.91 Å². The molecule has 2 aromatic rings. The number of nitrogens with one attached hydrogen (secondary N) is 2. The van der Waals surface area contributed by atoms with Crippen LogP contribution in [0.3, 0.4) is 0 Å². The Morgan fingerprint density at radius 2 is 2.04 bits per heavy atom. The van der Waals surface area contributed by atoms with E-state index in [4.69, 9.17) is 16.3 Å². The van der Waals surface area contributed by atoms with Gasteiger partial charge in [-0.05, 0) is 50.2 Å². The van der Waals surface area contributed by atoms with E-state index in [1.807, 2.05) is 6.92 Å². The van der Waals surface area contributed by atoms with E-state index in [9.17, 15) is 14.4 Å². The summed E-state index contributed by atoms with van der Waals surface area (Å²) in [6.07, 6.45) is -1.00. The maximum atomic E-state index is 12.4. The van der Waals surface area contributed by atoms with E-state index in [1.165, 1.54) is 18.7 Å². The van der Waals surface area contributed by atoms with Gasteiger partial charge in [0.05, 0.1) is 16.5 Å². The number of fused-ring (bicyclic) bond motifs is 1. The van der Waals surface area contributed by atoms with Crippen LogP contribution in [0.4, 0.5) is 11.4 Å². The molecule has 1 heterocycles. The van der Waals surface area contributed by atoms with Crippen LogP contribution in [-0.2, 0) is 14.3 Å². The fourth-order valence-corrected chi connectivity index (χ4v) is 3.55. The molecule has 0 saturated heterocycles. The molecule has 2 N–H and O–H groups in total. The quantitative estimate of drug-likeness (QED) is 0.753. The van der Waals surface area contributed by atoms with Gasteiger partial charge in [-0.15, -0.1) is 11.8 Å². The van der Waals surface area contributed by atoms with Gasteiger partial charge in [0.25, 0.3) is 5.91 Å². The Morgan fingerprint density at radius 1 is 1.26 bits per heavy atom. The van der Waals surface area contributed by atoms with E-state index in [0.717, 1.165) is 4.90 Å². The predicted octanol–water partition coefficient (Wildman–Crippen LogP) is 3.96. The van der Waals surface area contributed by atoms with Gasteiger partial charge in [0.15, 0.2) is 6.10 Å². The molecule has 6 nitrogen and oxygen atoms in total. The van der Waals surface area contributed by atoms with Crippen LogP contribution in [0, 0.1) is 0 Å². The Balaban J connectivity index is 1.65. The largest absolute Gasteiger partial charge is 0.449 e. The molecule has 2 unspecified atom stereocenters. The second-order valence-corrected chi connectivity index (χ2v) is 7.83. The highest BCUT2D eigenvalue weighted by Gasteiger charge is 2.25. The molecular weight excluding hydrogens is 388 g/mol. The summed E-state index contributed by atoms with van der Waals surface area (Å²) in [7, 11) is 0. The molecule has 0 fully saturated rings. The van der Waals surface area contributed by atoms with Crippen molar-refractivity contribution in [3.8, 4) is 0 Å².